The Morgan fingerprint density at radius 2 is 2.00 bits per heavy atom. The molecule has 1 heterocycles. The number of aromatic nitrogens is 1. The highest BCUT2D eigenvalue weighted by Crippen LogP contribution is 2.25. The molecule has 0 fully saturated rings. The average molecular weight is 246 g/mol. The van der Waals surface area contributed by atoms with Crippen LogP contribution in [0.4, 0.5) is 0 Å². The van der Waals surface area contributed by atoms with E-state index in [1.807, 2.05) is 12.3 Å². The zero-order valence-electron chi connectivity index (χ0n) is 10.3. The van der Waals surface area contributed by atoms with Gasteiger partial charge < -0.3 is 5.32 Å². The first kappa shape index (κ1) is 12.3. The summed E-state index contributed by atoms with van der Waals surface area (Å²) in [5.74, 6) is 0.684. The summed E-state index contributed by atoms with van der Waals surface area (Å²) in [6.07, 6.45) is 1.96. The highest BCUT2D eigenvalue weighted by atomic mass is 32.1. The normalized spacial score (nSPS) is 11.0. The fraction of sp³-hybridized carbons (Fsp3) is 0.357. The number of hydrogen-bond acceptors (Lipinski definition) is 3. The Morgan fingerprint density at radius 1 is 1.24 bits per heavy atom. The lowest BCUT2D eigenvalue weighted by Crippen LogP contribution is -2.18. The molecule has 0 aliphatic heterocycles. The summed E-state index contributed by atoms with van der Waals surface area (Å²) < 4.78 is 0. The van der Waals surface area contributed by atoms with Crippen molar-refractivity contribution in [1.29, 1.82) is 0 Å². The molecule has 0 aliphatic rings. The van der Waals surface area contributed by atoms with Gasteiger partial charge in [-0.2, -0.15) is 0 Å². The second kappa shape index (κ2) is 5.94. The highest BCUT2D eigenvalue weighted by molar-refractivity contribution is 7.15. The Balaban J connectivity index is 1.97. The van der Waals surface area contributed by atoms with Gasteiger partial charge in [0.15, 0.2) is 0 Å². The molecule has 0 atom stereocenters. The number of nitrogens with one attached hydrogen (secondary N) is 1. The Labute approximate surface area is 107 Å². The quantitative estimate of drug-likeness (QED) is 0.872. The summed E-state index contributed by atoms with van der Waals surface area (Å²) in [7, 11) is 0. The highest BCUT2D eigenvalue weighted by Gasteiger charge is 2.03. The molecule has 1 aromatic heterocycles. The predicted octanol–water partition coefficient (Wildman–Crippen LogP) is 3.56. The third-order valence-electron chi connectivity index (χ3n) is 2.44. The molecule has 0 amide bonds. The zero-order valence-corrected chi connectivity index (χ0v) is 11.1. The predicted molar refractivity (Wildman–Crippen MR) is 74.1 cm³/mol. The smallest absolute Gasteiger partial charge is 0.107 e. The van der Waals surface area contributed by atoms with E-state index in [-0.39, 0.29) is 0 Å². The van der Waals surface area contributed by atoms with Gasteiger partial charge in [0.25, 0.3) is 0 Å². The molecule has 2 aromatic rings. The molecule has 1 aromatic carbocycles. The van der Waals surface area contributed by atoms with Crippen LogP contribution in [0, 0.1) is 5.92 Å². The minimum atomic E-state index is 0.684. The van der Waals surface area contributed by atoms with Crippen molar-refractivity contribution >= 4 is 11.3 Å². The monoisotopic (exact) mass is 246 g/mol. The molecule has 90 valence electrons. The molecule has 1 N–H and O–H groups in total. The van der Waals surface area contributed by atoms with E-state index >= 15 is 0 Å². The van der Waals surface area contributed by atoms with E-state index in [4.69, 9.17) is 0 Å². The molecule has 2 rings (SSSR count). The summed E-state index contributed by atoms with van der Waals surface area (Å²) >= 11 is 1.76. The van der Waals surface area contributed by atoms with Gasteiger partial charge in [-0.25, -0.2) is 4.98 Å². The maximum atomic E-state index is 4.45. The van der Waals surface area contributed by atoms with Crippen LogP contribution in [0.15, 0.2) is 36.5 Å². The molecular weight excluding hydrogens is 228 g/mol. The molecule has 2 nitrogen and oxygen atoms in total. The van der Waals surface area contributed by atoms with Gasteiger partial charge in [0.2, 0.25) is 0 Å². The van der Waals surface area contributed by atoms with Gasteiger partial charge in [0.1, 0.15) is 5.01 Å². The molecule has 0 saturated heterocycles. The van der Waals surface area contributed by atoms with Gasteiger partial charge in [-0.15, -0.1) is 11.3 Å². The van der Waals surface area contributed by atoms with Crippen molar-refractivity contribution in [2.24, 2.45) is 5.92 Å². The third-order valence-corrected chi connectivity index (χ3v) is 3.49. The van der Waals surface area contributed by atoms with Crippen molar-refractivity contribution < 1.29 is 0 Å². The van der Waals surface area contributed by atoms with E-state index in [9.17, 15) is 0 Å². The molecule has 0 saturated carbocycles. The van der Waals surface area contributed by atoms with E-state index in [1.54, 1.807) is 11.3 Å². The van der Waals surface area contributed by atoms with Crippen LogP contribution in [0.1, 0.15) is 18.9 Å². The standard InChI is InChI=1S/C14H18N2S/c1-11(2)8-15-10-14-16-9-13(17-14)12-6-4-3-5-7-12/h3-7,9,11,15H,8,10H2,1-2H3. The summed E-state index contributed by atoms with van der Waals surface area (Å²) in [6, 6.07) is 10.4. The van der Waals surface area contributed by atoms with Gasteiger partial charge in [-0.3, -0.25) is 0 Å². The fourth-order valence-electron chi connectivity index (χ4n) is 1.60. The molecule has 0 radical (unpaired) electrons. The maximum absolute atomic E-state index is 4.45. The first-order valence-electron chi connectivity index (χ1n) is 5.96. The Morgan fingerprint density at radius 3 is 2.71 bits per heavy atom. The van der Waals surface area contributed by atoms with Crippen molar-refractivity contribution in [2.45, 2.75) is 20.4 Å². The van der Waals surface area contributed by atoms with E-state index in [0.29, 0.717) is 5.92 Å². The molecule has 0 aliphatic carbocycles. The van der Waals surface area contributed by atoms with E-state index < -0.39 is 0 Å². The molecular formula is C14H18N2S. The van der Waals surface area contributed by atoms with Crippen molar-refractivity contribution in [3.63, 3.8) is 0 Å². The van der Waals surface area contributed by atoms with Crippen LogP contribution in [0.5, 0.6) is 0 Å². The summed E-state index contributed by atoms with van der Waals surface area (Å²) in [4.78, 5) is 5.69. The number of thiazole rings is 1. The summed E-state index contributed by atoms with van der Waals surface area (Å²) in [5, 5.41) is 4.57. The summed E-state index contributed by atoms with van der Waals surface area (Å²) in [5.41, 5.74) is 1.25. The van der Waals surface area contributed by atoms with Crippen LogP contribution in [0.2, 0.25) is 0 Å². The lowest BCUT2D eigenvalue weighted by molar-refractivity contribution is 0.551. The minimum Gasteiger partial charge on any atom is -0.310 e. The van der Waals surface area contributed by atoms with Gasteiger partial charge in [0.05, 0.1) is 4.88 Å². The Kier molecular flexibility index (Phi) is 4.29. The summed E-state index contributed by atoms with van der Waals surface area (Å²) in [6.45, 7) is 6.34. The zero-order chi connectivity index (χ0) is 12.1. The maximum Gasteiger partial charge on any atom is 0.107 e. The van der Waals surface area contributed by atoms with Crippen LogP contribution in [-0.2, 0) is 6.54 Å². The minimum absolute atomic E-state index is 0.684. The van der Waals surface area contributed by atoms with Gasteiger partial charge >= 0.3 is 0 Å². The lowest BCUT2D eigenvalue weighted by atomic mass is 10.2. The number of benzene rings is 1. The molecule has 0 bridgehead atoms. The molecule has 0 spiro atoms. The average Bonchev–Trinajstić information content (AvgIpc) is 2.78. The Hall–Kier alpha value is -1.19. The number of rotatable bonds is 5. The molecule has 0 unspecified atom stereocenters. The SMILES string of the molecule is CC(C)CNCc1ncc(-c2ccccc2)s1. The van der Waals surface area contributed by atoms with Crippen molar-refractivity contribution in [3.05, 3.63) is 41.5 Å². The first-order valence-corrected chi connectivity index (χ1v) is 6.78. The van der Waals surface area contributed by atoms with Gasteiger partial charge in [-0.1, -0.05) is 44.2 Å². The van der Waals surface area contributed by atoms with Gasteiger partial charge in [0, 0.05) is 12.7 Å². The van der Waals surface area contributed by atoms with E-state index in [0.717, 1.165) is 18.1 Å². The second-order valence-electron chi connectivity index (χ2n) is 4.51. The van der Waals surface area contributed by atoms with Crippen molar-refractivity contribution in [2.75, 3.05) is 6.54 Å². The largest absolute Gasteiger partial charge is 0.310 e. The third kappa shape index (κ3) is 3.65. The van der Waals surface area contributed by atoms with Crippen LogP contribution < -0.4 is 5.32 Å². The van der Waals surface area contributed by atoms with Gasteiger partial charge in [-0.05, 0) is 18.0 Å². The number of nitrogens with zero attached hydrogens (tertiary/aromatic N) is 1. The molecule has 17 heavy (non-hydrogen) atoms. The van der Waals surface area contributed by atoms with Crippen LogP contribution in [0.3, 0.4) is 0 Å². The topological polar surface area (TPSA) is 24.9 Å². The lowest BCUT2D eigenvalue weighted by Gasteiger charge is -2.04. The Bertz CT molecular complexity index is 448. The van der Waals surface area contributed by atoms with Crippen LogP contribution in [-0.4, -0.2) is 11.5 Å². The van der Waals surface area contributed by atoms with E-state index in [1.165, 1.54) is 10.4 Å². The fourth-order valence-corrected chi connectivity index (χ4v) is 2.49. The van der Waals surface area contributed by atoms with Crippen molar-refractivity contribution in [3.8, 4) is 10.4 Å². The second-order valence-corrected chi connectivity index (χ2v) is 5.62. The molecule has 3 heteroatoms. The van der Waals surface area contributed by atoms with Crippen LogP contribution in [0.25, 0.3) is 10.4 Å². The van der Waals surface area contributed by atoms with E-state index in [2.05, 4.69) is 48.4 Å². The van der Waals surface area contributed by atoms with Crippen molar-refractivity contribution in [1.82, 2.24) is 10.3 Å². The first-order chi connectivity index (χ1) is 8.25. The van der Waals surface area contributed by atoms with Crippen LogP contribution >= 0.6 is 11.3 Å². The number of hydrogen-bond donors (Lipinski definition) is 1.